The number of nitro groups is 1. The maximum absolute atomic E-state index is 10.8. The lowest BCUT2D eigenvalue weighted by molar-refractivity contribution is -0.386. The van der Waals surface area contributed by atoms with Crippen LogP contribution in [0.5, 0.6) is 17.2 Å². The summed E-state index contributed by atoms with van der Waals surface area (Å²) < 4.78 is 12.3. The van der Waals surface area contributed by atoms with E-state index in [-0.39, 0.29) is 0 Å². The predicted octanol–water partition coefficient (Wildman–Crippen LogP) is 1.77. The van der Waals surface area contributed by atoms with Crippen molar-refractivity contribution < 1.29 is 48.8 Å². The monoisotopic (exact) mass is 303 g/mol. The maximum Gasteiger partial charge on any atom is 0.511 e. The van der Waals surface area contributed by atoms with Gasteiger partial charge in [0.2, 0.25) is 11.5 Å². The number of hydrogen-bond acceptors (Lipinski definition) is 8. The molecule has 0 saturated heterocycles. The van der Waals surface area contributed by atoms with E-state index < -0.39 is 46.3 Å². The van der Waals surface area contributed by atoms with Gasteiger partial charge in [0.25, 0.3) is 0 Å². The van der Waals surface area contributed by atoms with Crippen LogP contribution in [0.2, 0.25) is 0 Å². The Bertz CT molecular complexity index is 585. The fourth-order valence-electron chi connectivity index (χ4n) is 1.24. The molecule has 12 nitrogen and oxygen atoms in total. The van der Waals surface area contributed by atoms with E-state index in [4.69, 9.17) is 15.3 Å². The van der Waals surface area contributed by atoms with Crippen molar-refractivity contribution in [3.63, 3.8) is 0 Å². The normalized spacial score (nSPS) is 9.52. The molecule has 0 radical (unpaired) electrons. The average molecular weight is 303 g/mol. The molecule has 0 aliphatic carbocycles. The third kappa shape index (κ3) is 4.23. The van der Waals surface area contributed by atoms with Gasteiger partial charge in [0.15, 0.2) is 0 Å². The lowest BCUT2D eigenvalue weighted by Crippen LogP contribution is -2.10. The van der Waals surface area contributed by atoms with Crippen LogP contribution in [-0.2, 0) is 0 Å². The summed E-state index contributed by atoms with van der Waals surface area (Å²) in [6.45, 7) is 0. The Morgan fingerprint density at radius 1 is 0.905 bits per heavy atom. The van der Waals surface area contributed by atoms with Gasteiger partial charge in [-0.1, -0.05) is 0 Å². The Morgan fingerprint density at radius 2 is 1.29 bits per heavy atom. The Balaban J connectivity index is 3.47. The molecule has 0 saturated carbocycles. The summed E-state index contributed by atoms with van der Waals surface area (Å²) >= 11 is 0. The smallest absolute Gasteiger partial charge is 0.449 e. The molecule has 0 aliphatic heterocycles. The molecule has 3 N–H and O–H groups in total. The fourth-order valence-corrected chi connectivity index (χ4v) is 1.24. The van der Waals surface area contributed by atoms with Crippen LogP contribution in [0.1, 0.15) is 0 Å². The SMILES string of the molecule is O=C(O)Oc1cc(OC(=O)O)c([N+](=O)[O-])c(OC(=O)O)c1. The van der Waals surface area contributed by atoms with Gasteiger partial charge in [0.05, 0.1) is 4.92 Å². The van der Waals surface area contributed by atoms with Crippen LogP contribution in [-0.4, -0.2) is 38.7 Å². The molecule has 0 amide bonds. The number of carbonyl (C=O) groups is 3. The zero-order chi connectivity index (χ0) is 16.2. The quantitative estimate of drug-likeness (QED) is 0.318. The Labute approximate surface area is 113 Å². The summed E-state index contributed by atoms with van der Waals surface area (Å²) in [5.74, 6) is -2.58. The van der Waals surface area contributed by atoms with E-state index in [0.29, 0.717) is 12.1 Å². The van der Waals surface area contributed by atoms with Crippen LogP contribution in [0, 0.1) is 10.1 Å². The van der Waals surface area contributed by atoms with Crippen molar-refractivity contribution in [1.82, 2.24) is 0 Å². The molecule has 0 fully saturated rings. The van der Waals surface area contributed by atoms with Crippen LogP contribution in [0.3, 0.4) is 0 Å². The zero-order valence-corrected chi connectivity index (χ0v) is 9.71. The molecular weight excluding hydrogens is 298 g/mol. The van der Waals surface area contributed by atoms with Gasteiger partial charge in [0.1, 0.15) is 5.75 Å². The molecule has 1 aromatic carbocycles. The summed E-state index contributed by atoms with van der Waals surface area (Å²) in [4.78, 5) is 41.0. The molecule has 0 aliphatic rings. The summed E-state index contributed by atoms with van der Waals surface area (Å²) in [5.41, 5.74) is -1.13. The maximum atomic E-state index is 10.8. The van der Waals surface area contributed by atoms with Gasteiger partial charge in [-0.05, 0) is 0 Å². The van der Waals surface area contributed by atoms with Crippen molar-refractivity contribution in [3.8, 4) is 17.2 Å². The Hall–Kier alpha value is -3.57. The van der Waals surface area contributed by atoms with Crippen LogP contribution in [0.25, 0.3) is 0 Å². The highest BCUT2D eigenvalue weighted by atomic mass is 16.7. The number of ether oxygens (including phenoxy) is 3. The van der Waals surface area contributed by atoms with Crippen molar-refractivity contribution in [2.75, 3.05) is 0 Å². The van der Waals surface area contributed by atoms with E-state index in [9.17, 15) is 24.5 Å². The molecule has 12 heteroatoms. The number of nitro benzene ring substituents is 1. The summed E-state index contributed by atoms with van der Waals surface area (Å²) in [6, 6.07) is 1.16. The molecular formula is C9H5NO11. The van der Waals surface area contributed by atoms with E-state index in [2.05, 4.69) is 14.2 Å². The van der Waals surface area contributed by atoms with Crippen LogP contribution in [0.4, 0.5) is 20.1 Å². The number of nitrogens with zero attached hydrogens (tertiary/aromatic N) is 1. The summed E-state index contributed by atoms with van der Waals surface area (Å²) in [6.07, 6.45) is -5.73. The fraction of sp³-hybridized carbons (Fsp3) is 0. The molecule has 0 bridgehead atoms. The number of hydrogen-bond donors (Lipinski definition) is 3. The number of rotatable bonds is 4. The standard InChI is InChI=1S/C9H5NO11/c11-7(12)19-3-1-4(20-8(13)14)6(10(17)18)5(2-3)21-9(15)16/h1-2H,(H,11,12)(H,13,14)(H,15,16). The largest absolute Gasteiger partial charge is 0.511 e. The third-order valence-electron chi connectivity index (χ3n) is 1.80. The minimum Gasteiger partial charge on any atom is -0.449 e. The molecule has 0 aromatic heterocycles. The molecule has 0 spiro atoms. The van der Waals surface area contributed by atoms with Gasteiger partial charge < -0.3 is 29.5 Å². The van der Waals surface area contributed by atoms with Crippen molar-refractivity contribution in [2.45, 2.75) is 0 Å². The van der Waals surface area contributed by atoms with Crippen molar-refractivity contribution in [2.24, 2.45) is 0 Å². The van der Waals surface area contributed by atoms with Crippen LogP contribution >= 0.6 is 0 Å². The molecule has 1 rings (SSSR count). The second-order valence-electron chi connectivity index (χ2n) is 3.13. The first-order chi connectivity index (χ1) is 9.70. The highest BCUT2D eigenvalue weighted by molar-refractivity contribution is 5.73. The molecule has 0 atom stereocenters. The van der Waals surface area contributed by atoms with Gasteiger partial charge in [-0.2, -0.15) is 0 Å². The molecule has 1 aromatic rings. The van der Waals surface area contributed by atoms with Gasteiger partial charge in [-0.15, -0.1) is 0 Å². The average Bonchev–Trinajstić information content (AvgIpc) is 2.24. The third-order valence-corrected chi connectivity index (χ3v) is 1.80. The lowest BCUT2D eigenvalue weighted by Gasteiger charge is -2.08. The summed E-state index contributed by atoms with van der Waals surface area (Å²) in [5, 5.41) is 36.2. The van der Waals surface area contributed by atoms with Crippen molar-refractivity contribution >= 4 is 24.2 Å². The second-order valence-corrected chi connectivity index (χ2v) is 3.13. The molecule has 0 unspecified atom stereocenters. The number of carboxylic acid groups (broad SMARTS) is 3. The van der Waals surface area contributed by atoms with Crippen LogP contribution in [0.15, 0.2) is 12.1 Å². The van der Waals surface area contributed by atoms with Gasteiger partial charge in [-0.25, -0.2) is 14.4 Å². The van der Waals surface area contributed by atoms with E-state index >= 15 is 0 Å². The van der Waals surface area contributed by atoms with E-state index in [1.807, 2.05) is 0 Å². The van der Waals surface area contributed by atoms with E-state index in [1.54, 1.807) is 0 Å². The predicted molar refractivity (Wildman–Crippen MR) is 59.1 cm³/mol. The summed E-state index contributed by atoms with van der Waals surface area (Å²) in [7, 11) is 0. The first-order valence-electron chi connectivity index (χ1n) is 4.75. The van der Waals surface area contributed by atoms with Crippen LogP contribution < -0.4 is 14.2 Å². The van der Waals surface area contributed by atoms with Crippen molar-refractivity contribution in [1.29, 1.82) is 0 Å². The van der Waals surface area contributed by atoms with E-state index in [1.165, 1.54) is 0 Å². The van der Waals surface area contributed by atoms with E-state index in [0.717, 1.165) is 0 Å². The molecule has 112 valence electrons. The molecule has 0 heterocycles. The van der Waals surface area contributed by atoms with Gasteiger partial charge in [0, 0.05) is 12.1 Å². The van der Waals surface area contributed by atoms with Gasteiger partial charge in [-0.3, -0.25) is 10.1 Å². The first kappa shape index (κ1) is 15.5. The van der Waals surface area contributed by atoms with Gasteiger partial charge >= 0.3 is 24.2 Å². The number of benzene rings is 1. The minimum absolute atomic E-state index is 0.578. The second kappa shape index (κ2) is 6.05. The Kier molecular flexibility index (Phi) is 4.46. The first-order valence-corrected chi connectivity index (χ1v) is 4.75. The zero-order valence-electron chi connectivity index (χ0n) is 9.71. The highest BCUT2D eigenvalue weighted by Crippen LogP contribution is 2.41. The molecule has 21 heavy (non-hydrogen) atoms. The highest BCUT2D eigenvalue weighted by Gasteiger charge is 2.28. The minimum atomic E-state index is -1.95. The Morgan fingerprint density at radius 3 is 1.57 bits per heavy atom. The van der Waals surface area contributed by atoms with Crippen molar-refractivity contribution in [3.05, 3.63) is 22.2 Å². The topological polar surface area (TPSA) is 183 Å². The lowest BCUT2D eigenvalue weighted by atomic mass is 10.2.